The van der Waals surface area contributed by atoms with E-state index < -0.39 is 0 Å². The summed E-state index contributed by atoms with van der Waals surface area (Å²) >= 11 is 18.6. The molecule has 1 aromatic heterocycles. The molecule has 26 heavy (non-hydrogen) atoms. The summed E-state index contributed by atoms with van der Waals surface area (Å²) in [6.45, 7) is 3.47. The Kier molecular flexibility index (Phi) is 5.30. The SMILES string of the molecule is CC1(N)CCN(c2nc(N)c(C(=N)c3cccc(Cl)c3Cl)nc2Cl)CC1. The van der Waals surface area contributed by atoms with Crippen molar-refractivity contribution in [2.45, 2.75) is 25.3 Å². The van der Waals surface area contributed by atoms with E-state index in [1.54, 1.807) is 18.2 Å². The highest BCUT2D eigenvalue weighted by Gasteiger charge is 2.29. The van der Waals surface area contributed by atoms with Gasteiger partial charge in [-0.2, -0.15) is 0 Å². The Bertz CT molecular complexity index is 858. The number of piperidine rings is 1. The van der Waals surface area contributed by atoms with Crippen LogP contribution in [0.2, 0.25) is 15.2 Å². The smallest absolute Gasteiger partial charge is 0.172 e. The third-order valence-corrected chi connectivity index (χ3v) is 5.60. The molecule has 138 valence electrons. The van der Waals surface area contributed by atoms with Crippen LogP contribution >= 0.6 is 34.8 Å². The summed E-state index contributed by atoms with van der Waals surface area (Å²) in [7, 11) is 0. The molecule has 1 fully saturated rings. The van der Waals surface area contributed by atoms with Gasteiger partial charge in [-0.15, -0.1) is 0 Å². The van der Waals surface area contributed by atoms with E-state index in [4.69, 9.17) is 51.7 Å². The number of hydrogen-bond donors (Lipinski definition) is 3. The lowest BCUT2D eigenvalue weighted by molar-refractivity contribution is 0.363. The molecule has 0 saturated carbocycles. The van der Waals surface area contributed by atoms with Gasteiger partial charge in [0.15, 0.2) is 16.8 Å². The molecular formula is C17H19Cl3N6. The molecule has 0 unspecified atom stereocenters. The van der Waals surface area contributed by atoms with Gasteiger partial charge in [0.1, 0.15) is 5.69 Å². The number of hydrogen-bond acceptors (Lipinski definition) is 6. The zero-order valence-electron chi connectivity index (χ0n) is 14.2. The average Bonchev–Trinajstić information content (AvgIpc) is 2.59. The zero-order valence-corrected chi connectivity index (χ0v) is 16.5. The highest BCUT2D eigenvalue weighted by Crippen LogP contribution is 2.32. The minimum absolute atomic E-state index is 0.0177. The van der Waals surface area contributed by atoms with Crippen LogP contribution in [0.3, 0.4) is 0 Å². The van der Waals surface area contributed by atoms with E-state index in [1.807, 2.05) is 11.8 Å². The highest BCUT2D eigenvalue weighted by molar-refractivity contribution is 6.44. The van der Waals surface area contributed by atoms with Gasteiger partial charge in [-0.25, -0.2) is 9.97 Å². The largest absolute Gasteiger partial charge is 0.382 e. The van der Waals surface area contributed by atoms with E-state index >= 15 is 0 Å². The Morgan fingerprint density at radius 2 is 1.85 bits per heavy atom. The summed E-state index contributed by atoms with van der Waals surface area (Å²) in [5, 5.41) is 9.20. The summed E-state index contributed by atoms with van der Waals surface area (Å²) in [6.07, 6.45) is 1.64. The fourth-order valence-electron chi connectivity index (χ4n) is 2.86. The van der Waals surface area contributed by atoms with Gasteiger partial charge >= 0.3 is 0 Å². The molecule has 1 aliphatic rings. The summed E-state index contributed by atoms with van der Waals surface area (Å²) in [5.41, 5.74) is 12.7. The second-order valence-corrected chi connectivity index (χ2v) is 7.83. The highest BCUT2D eigenvalue weighted by atomic mass is 35.5. The third kappa shape index (κ3) is 3.74. The number of anilines is 2. The lowest BCUT2D eigenvalue weighted by Crippen LogP contribution is -2.48. The number of rotatable bonds is 3. The van der Waals surface area contributed by atoms with Crippen molar-refractivity contribution < 1.29 is 0 Å². The standard InChI is InChI=1S/C17H19Cl3N6/c1-17(23)5-7-26(8-6-17)16-14(20)24-13(15(22)25-16)12(21)9-3-2-4-10(18)11(9)19/h2-4,21H,5-8,23H2,1H3,(H2,22,25). The van der Waals surface area contributed by atoms with Crippen molar-refractivity contribution in [2.75, 3.05) is 23.7 Å². The predicted octanol–water partition coefficient (Wildman–Crippen LogP) is 3.75. The van der Waals surface area contributed by atoms with Crippen molar-refractivity contribution in [1.82, 2.24) is 9.97 Å². The number of benzene rings is 1. The molecule has 2 aromatic rings. The minimum atomic E-state index is -0.187. The van der Waals surface area contributed by atoms with Crippen molar-refractivity contribution in [3.05, 3.63) is 44.7 Å². The van der Waals surface area contributed by atoms with Gasteiger partial charge in [-0.1, -0.05) is 46.9 Å². The summed E-state index contributed by atoms with van der Waals surface area (Å²) in [5.74, 6) is 0.625. The Hall–Kier alpha value is -1.60. The fraction of sp³-hybridized carbons (Fsp3) is 0.353. The number of nitrogen functional groups attached to an aromatic ring is 1. The van der Waals surface area contributed by atoms with Crippen molar-refractivity contribution in [1.29, 1.82) is 5.41 Å². The van der Waals surface area contributed by atoms with Crippen molar-refractivity contribution in [3.63, 3.8) is 0 Å². The first-order valence-electron chi connectivity index (χ1n) is 8.10. The van der Waals surface area contributed by atoms with Gasteiger partial charge in [0.25, 0.3) is 0 Å². The van der Waals surface area contributed by atoms with Crippen LogP contribution in [-0.2, 0) is 0 Å². The molecular weight excluding hydrogens is 395 g/mol. The molecule has 3 rings (SSSR count). The zero-order chi connectivity index (χ0) is 19.1. The van der Waals surface area contributed by atoms with Crippen LogP contribution in [-0.4, -0.2) is 34.3 Å². The second-order valence-electron chi connectivity index (χ2n) is 6.69. The number of nitrogens with two attached hydrogens (primary N) is 2. The predicted molar refractivity (Wildman–Crippen MR) is 108 cm³/mol. The van der Waals surface area contributed by atoms with Crippen LogP contribution in [0.1, 0.15) is 31.0 Å². The Labute approximate surface area is 167 Å². The second kappa shape index (κ2) is 7.19. The Morgan fingerprint density at radius 1 is 1.19 bits per heavy atom. The molecule has 1 saturated heterocycles. The lowest BCUT2D eigenvalue weighted by atomic mass is 9.91. The first-order chi connectivity index (χ1) is 12.2. The number of nitrogens with zero attached hydrogens (tertiary/aromatic N) is 3. The fourth-order valence-corrected chi connectivity index (χ4v) is 3.50. The van der Waals surface area contributed by atoms with Crippen LogP contribution < -0.4 is 16.4 Å². The van der Waals surface area contributed by atoms with Crippen LogP contribution in [0.25, 0.3) is 0 Å². The molecule has 0 amide bonds. The first-order valence-corrected chi connectivity index (χ1v) is 9.23. The first kappa shape index (κ1) is 19.2. The van der Waals surface area contributed by atoms with Crippen molar-refractivity contribution in [3.8, 4) is 0 Å². The van der Waals surface area contributed by atoms with Crippen LogP contribution in [0.5, 0.6) is 0 Å². The quantitative estimate of drug-likeness (QED) is 0.665. The van der Waals surface area contributed by atoms with E-state index in [2.05, 4.69) is 9.97 Å². The van der Waals surface area contributed by atoms with Crippen LogP contribution in [0.15, 0.2) is 18.2 Å². The van der Waals surface area contributed by atoms with Crippen molar-refractivity contribution >= 4 is 52.2 Å². The monoisotopic (exact) mass is 412 g/mol. The number of aromatic nitrogens is 2. The molecule has 5 N–H and O–H groups in total. The summed E-state index contributed by atoms with van der Waals surface area (Å²) in [4.78, 5) is 10.7. The van der Waals surface area contributed by atoms with Gasteiger partial charge in [0.2, 0.25) is 0 Å². The van der Waals surface area contributed by atoms with Crippen LogP contribution in [0.4, 0.5) is 11.6 Å². The van der Waals surface area contributed by atoms with Gasteiger partial charge in [0.05, 0.1) is 15.8 Å². The molecule has 1 aromatic carbocycles. The van der Waals surface area contributed by atoms with E-state index in [0.717, 1.165) is 25.9 Å². The topological polar surface area (TPSA) is 105 Å². The van der Waals surface area contributed by atoms with Gasteiger partial charge in [0, 0.05) is 24.2 Å². The number of nitrogens with one attached hydrogen (secondary N) is 1. The average molecular weight is 414 g/mol. The van der Waals surface area contributed by atoms with Gasteiger partial charge in [-0.3, -0.25) is 5.41 Å². The third-order valence-electron chi connectivity index (χ3n) is 4.53. The molecule has 0 atom stereocenters. The molecule has 6 nitrogen and oxygen atoms in total. The van der Waals surface area contributed by atoms with Gasteiger partial charge < -0.3 is 16.4 Å². The molecule has 9 heteroatoms. The molecule has 2 heterocycles. The molecule has 0 spiro atoms. The Balaban J connectivity index is 1.93. The van der Waals surface area contributed by atoms with E-state index in [1.165, 1.54) is 0 Å². The van der Waals surface area contributed by atoms with E-state index in [9.17, 15) is 0 Å². The molecule has 0 bridgehead atoms. The van der Waals surface area contributed by atoms with E-state index in [-0.39, 0.29) is 32.9 Å². The maximum absolute atomic E-state index is 8.40. The maximum atomic E-state index is 8.40. The Morgan fingerprint density at radius 3 is 2.50 bits per heavy atom. The number of halogens is 3. The van der Waals surface area contributed by atoms with E-state index in [0.29, 0.717) is 16.4 Å². The lowest BCUT2D eigenvalue weighted by Gasteiger charge is -2.37. The summed E-state index contributed by atoms with van der Waals surface area (Å²) < 4.78 is 0. The van der Waals surface area contributed by atoms with Crippen molar-refractivity contribution in [2.24, 2.45) is 5.73 Å². The molecule has 0 radical (unpaired) electrons. The van der Waals surface area contributed by atoms with Crippen LogP contribution in [0, 0.1) is 5.41 Å². The minimum Gasteiger partial charge on any atom is -0.382 e. The molecule has 0 aliphatic carbocycles. The maximum Gasteiger partial charge on any atom is 0.172 e. The summed E-state index contributed by atoms with van der Waals surface area (Å²) in [6, 6.07) is 5.02. The molecule has 1 aliphatic heterocycles. The van der Waals surface area contributed by atoms with Gasteiger partial charge in [-0.05, 0) is 25.8 Å². The normalized spacial score (nSPS) is 16.6.